The molecule has 4 rings (SSSR count). The van der Waals surface area contributed by atoms with Gasteiger partial charge in [-0.3, -0.25) is 10.4 Å². The highest BCUT2D eigenvalue weighted by Gasteiger charge is 2.37. The van der Waals surface area contributed by atoms with Crippen LogP contribution in [-0.2, 0) is 19.4 Å². The predicted molar refractivity (Wildman–Crippen MR) is 101 cm³/mol. The molecule has 1 fully saturated rings. The fraction of sp³-hybridized carbons (Fsp3) is 0.333. The van der Waals surface area contributed by atoms with Crippen LogP contribution < -0.4 is 0 Å². The topological polar surface area (TPSA) is 43.2 Å². The lowest BCUT2D eigenvalue weighted by Gasteiger charge is -2.31. The summed E-state index contributed by atoms with van der Waals surface area (Å²) in [6, 6.07) is 15.1. The number of aromatic nitrogens is 1. The normalized spacial score (nSPS) is 18.3. The van der Waals surface area contributed by atoms with Crippen molar-refractivity contribution < 1.29 is 0 Å². The molecular formula is C18H22Cl2N4. The molecule has 0 bridgehead atoms. The molecule has 0 amide bonds. The third kappa shape index (κ3) is 3.50. The SMILES string of the molecule is Cl.Cl.N=C1N(CCc2ccccn2)C[C@@H]2Cc3ccccc3CN12. The first kappa shape index (κ1) is 18.6. The molecule has 1 N–H and O–H groups in total. The van der Waals surface area contributed by atoms with Gasteiger partial charge < -0.3 is 9.80 Å². The number of halogens is 2. The Hall–Kier alpha value is -1.78. The fourth-order valence-corrected chi connectivity index (χ4v) is 3.51. The average molecular weight is 365 g/mol. The van der Waals surface area contributed by atoms with Gasteiger partial charge in [0.25, 0.3) is 0 Å². The van der Waals surface area contributed by atoms with E-state index in [2.05, 4.69) is 45.1 Å². The van der Waals surface area contributed by atoms with Gasteiger partial charge in [0.15, 0.2) is 5.96 Å². The minimum Gasteiger partial charge on any atom is -0.341 e. The number of pyridine rings is 1. The second kappa shape index (κ2) is 7.86. The fourth-order valence-electron chi connectivity index (χ4n) is 3.51. The summed E-state index contributed by atoms with van der Waals surface area (Å²) in [6.45, 7) is 2.71. The molecule has 1 aromatic carbocycles. The van der Waals surface area contributed by atoms with Crippen LogP contribution in [0.3, 0.4) is 0 Å². The van der Waals surface area contributed by atoms with E-state index in [4.69, 9.17) is 5.41 Å². The van der Waals surface area contributed by atoms with E-state index in [1.165, 1.54) is 11.1 Å². The van der Waals surface area contributed by atoms with E-state index in [1.807, 2.05) is 18.3 Å². The monoisotopic (exact) mass is 364 g/mol. The quantitative estimate of drug-likeness (QED) is 0.909. The van der Waals surface area contributed by atoms with Crippen molar-refractivity contribution in [3.8, 4) is 0 Å². The Kier molecular flexibility index (Phi) is 6.08. The molecule has 6 heteroatoms. The molecule has 2 aliphatic rings. The van der Waals surface area contributed by atoms with Crippen LogP contribution in [0.15, 0.2) is 48.7 Å². The van der Waals surface area contributed by atoms with Crippen molar-refractivity contribution in [3.05, 3.63) is 65.5 Å². The molecule has 1 atom stereocenters. The highest BCUT2D eigenvalue weighted by Crippen LogP contribution is 2.28. The maximum Gasteiger partial charge on any atom is 0.194 e. The van der Waals surface area contributed by atoms with Crippen molar-refractivity contribution >= 4 is 30.8 Å². The highest BCUT2D eigenvalue weighted by atomic mass is 35.5. The molecule has 0 spiro atoms. The summed E-state index contributed by atoms with van der Waals surface area (Å²) in [5.74, 6) is 0.676. The van der Waals surface area contributed by atoms with Gasteiger partial charge in [-0.2, -0.15) is 0 Å². The number of nitrogens with zero attached hydrogens (tertiary/aromatic N) is 3. The summed E-state index contributed by atoms with van der Waals surface area (Å²) in [5.41, 5.74) is 3.92. The van der Waals surface area contributed by atoms with Crippen LogP contribution in [-0.4, -0.2) is 39.9 Å². The zero-order chi connectivity index (χ0) is 14.9. The van der Waals surface area contributed by atoms with Gasteiger partial charge in [0.2, 0.25) is 0 Å². The van der Waals surface area contributed by atoms with Crippen molar-refractivity contribution in [2.75, 3.05) is 13.1 Å². The van der Waals surface area contributed by atoms with E-state index in [1.54, 1.807) is 0 Å². The lowest BCUT2D eigenvalue weighted by Crippen LogP contribution is -2.39. The molecular weight excluding hydrogens is 343 g/mol. The maximum absolute atomic E-state index is 8.47. The summed E-state index contributed by atoms with van der Waals surface area (Å²) in [6.07, 6.45) is 3.79. The first-order chi connectivity index (χ1) is 10.8. The summed E-state index contributed by atoms with van der Waals surface area (Å²) in [5, 5.41) is 8.47. The Bertz CT molecular complexity index is 692. The molecule has 1 aromatic heterocycles. The second-order valence-electron chi connectivity index (χ2n) is 6.10. The number of guanidine groups is 1. The molecule has 0 saturated carbocycles. The van der Waals surface area contributed by atoms with Crippen LogP contribution in [0.2, 0.25) is 0 Å². The minimum absolute atomic E-state index is 0. The van der Waals surface area contributed by atoms with Crippen molar-refractivity contribution in [2.24, 2.45) is 0 Å². The van der Waals surface area contributed by atoms with E-state index in [0.29, 0.717) is 12.0 Å². The minimum atomic E-state index is 0. The van der Waals surface area contributed by atoms with Crippen LogP contribution in [0.1, 0.15) is 16.8 Å². The summed E-state index contributed by atoms with van der Waals surface area (Å²) < 4.78 is 0. The zero-order valence-electron chi connectivity index (χ0n) is 13.4. The predicted octanol–water partition coefficient (Wildman–Crippen LogP) is 3.14. The number of hydrogen-bond donors (Lipinski definition) is 1. The molecule has 0 unspecified atom stereocenters. The standard InChI is InChI=1S/C18H20N4.2ClH/c19-18-21(10-8-16-7-3-4-9-20-16)13-17-11-14-5-1-2-6-15(14)12-22(17)18;;/h1-7,9,17,19H,8,10-13H2;2*1H/t17-;;/m0../s1. The molecule has 0 aliphatic carbocycles. The number of rotatable bonds is 3. The van der Waals surface area contributed by atoms with Crippen molar-refractivity contribution in [2.45, 2.75) is 25.4 Å². The van der Waals surface area contributed by atoms with Crippen LogP contribution in [0, 0.1) is 5.41 Å². The molecule has 128 valence electrons. The van der Waals surface area contributed by atoms with E-state index >= 15 is 0 Å². The Morgan fingerprint density at radius 3 is 2.54 bits per heavy atom. The van der Waals surface area contributed by atoms with Gasteiger partial charge in [0, 0.05) is 37.9 Å². The van der Waals surface area contributed by atoms with E-state index < -0.39 is 0 Å². The van der Waals surface area contributed by atoms with Gasteiger partial charge in [-0.25, -0.2) is 0 Å². The molecule has 0 radical (unpaired) electrons. The molecule has 2 aliphatic heterocycles. The Balaban J connectivity index is 0.00000104. The molecule has 24 heavy (non-hydrogen) atoms. The lowest BCUT2D eigenvalue weighted by atomic mass is 9.95. The second-order valence-corrected chi connectivity index (χ2v) is 6.10. The molecule has 4 nitrogen and oxygen atoms in total. The average Bonchev–Trinajstić information content (AvgIpc) is 2.87. The van der Waals surface area contributed by atoms with E-state index in [0.717, 1.165) is 38.2 Å². The van der Waals surface area contributed by atoms with Crippen molar-refractivity contribution in [3.63, 3.8) is 0 Å². The molecule has 2 aromatic rings. The van der Waals surface area contributed by atoms with Crippen LogP contribution in [0.4, 0.5) is 0 Å². The number of nitrogens with one attached hydrogen (secondary N) is 1. The summed E-state index contributed by atoms with van der Waals surface area (Å²) in [7, 11) is 0. The highest BCUT2D eigenvalue weighted by molar-refractivity contribution is 5.85. The summed E-state index contributed by atoms with van der Waals surface area (Å²) >= 11 is 0. The summed E-state index contributed by atoms with van der Waals surface area (Å²) in [4.78, 5) is 8.83. The largest absolute Gasteiger partial charge is 0.341 e. The van der Waals surface area contributed by atoms with Crippen molar-refractivity contribution in [1.29, 1.82) is 5.41 Å². The van der Waals surface area contributed by atoms with Crippen LogP contribution in [0.25, 0.3) is 0 Å². The lowest BCUT2D eigenvalue weighted by molar-refractivity contribution is 0.312. The van der Waals surface area contributed by atoms with Crippen LogP contribution >= 0.6 is 24.8 Å². The van der Waals surface area contributed by atoms with Gasteiger partial charge in [-0.05, 0) is 29.7 Å². The molecule has 1 saturated heterocycles. The Morgan fingerprint density at radius 2 is 1.79 bits per heavy atom. The number of hydrogen-bond acceptors (Lipinski definition) is 2. The van der Waals surface area contributed by atoms with Crippen LogP contribution in [0.5, 0.6) is 0 Å². The third-order valence-corrected chi connectivity index (χ3v) is 4.72. The van der Waals surface area contributed by atoms with Gasteiger partial charge in [0.1, 0.15) is 0 Å². The smallest absolute Gasteiger partial charge is 0.194 e. The first-order valence-electron chi connectivity index (χ1n) is 7.88. The maximum atomic E-state index is 8.47. The number of benzene rings is 1. The Labute approximate surface area is 155 Å². The van der Waals surface area contributed by atoms with E-state index in [9.17, 15) is 0 Å². The van der Waals surface area contributed by atoms with Gasteiger partial charge >= 0.3 is 0 Å². The first-order valence-corrected chi connectivity index (χ1v) is 7.88. The van der Waals surface area contributed by atoms with E-state index in [-0.39, 0.29) is 24.8 Å². The van der Waals surface area contributed by atoms with Gasteiger partial charge in [-0.15, -0.1) is 24.8 Å². The Morgan fingerprint density at radius 1 is 1.04 bits per heavy atom. The molecule has 3 heterocycles. The van der Waals surface area contributed by atoms with Crippen molar-refractivity contribution in [1.82, 2.24) is 14.8 Å². The number of fused-ring (bicyclic) bond motifs is 2. The van der Waals surface area contributed by atoms with Gasteiger partial charge in [0.05, 0.1) is 6.04 Å². The van der Waals surface area contributed by atoms with Gasteiger partial charge in [-0.1, -0.05) is 30.3 Å². The third-order valence-electron chi connectivity index (χ3n) is 4.72. The zero-order valence-corrected chi connectivity index (χ0v) is 15.0.